The van der Waals surface area contributed by atoms with Gasteiger partial charge in [0.05, 0.1) is 6.26 Å². The molecule has 0 aromatic carbocycles. The molecule has 0 aliphatic heterocycles. The smallest absolute Gasteiger partial charge is 0.263 e. The van der Waals surface area contributed by atoms with Crippen LogP contribution in [0.4, 0.5) is 0 Å². The highest BCUT2D eigenvalue weighted by atomic mass is 32.2. The van der Waals surface area contributed by atoms with Crippen LogP contribution in [-0.2, 0) is 20.1 Å². The molecule has 0 amide bonds. The van der Waals surface area contributed by atoms with Gasteiger partial charge in [-0.1, -0.05) is 0 Å². The van der Waals surface area contributed by atoms with Crippen LogP contribution in [0.25, 0.3) is 0 Å². The molecule has 0 aliphatic rings. The summed E-state index contributed by atoms with van der Waals surface area (Å²) in [6, 6.07) is 5.17. The zero-order valence-corrected chi connectivity index (χ0v) is 12.5. The Kier molecular flexibility index (Phi) is 3.54. The molecule has 0 fully saturated rings. The van der Waals surface area contributed by atoms with E-state index in [-0.39, 0.29) is 6.61 Å². The summed E-state index contributed by atoms with van der Waals surface area (Å²) < 4.78 is 32.6. The van der Waals surface area contributed by atoms with Crippen LogP contribution in [0.2, 0.25) is 0 Å². The second-order valence-corrected chi connectivity index (χ2v) is 6.24. The van der Waals surface area contributed by atoms with Crippen LogP contribution in [0.1, 0.15) is 0 Å². The molecule has 9 nitrogen and oxygen atoms in total. The lowest BCUT2D eigenvalue weighted by atomic mass is 10.3. The van der Waals surface area contributed by atoms with Crippen molar-refractivity contribution in [2.75, 3.05) is 12.9 Å². The summed E-state index contributed by atoms with van der Waals surface area (Å²) in [5.41, 5.74) is 0. The standard InChI is InChI=1S/C12H14N6O3S/c1-22(19,20)21-11-12(16-8-2-5-13-16,17-9-3-6-14-17)18-10-4-7-15-18/h2-10H,11H2,1H3. The van der Waals surface area contributed by atoms with Crippen molar-refractivity contribution in [3.63, 3.8) is 0 Å². The summed E-state index contributed by atoms with van der Waals surface area (Å²) in [6.07, 6.45) is 10.8. The highest BCUT2D eigenvalue weighted by Crippen LogP contribution is 2.21. The first-order chi connectivity index (χ1) is 10.5. The fourth-order valence-corrected chi connectivity index (χ4v) is 2.51. The molecule has 0 saturated heterocycles. The van der Waals surface area contributed by atoms with Crippen molar-refractivity contribution in [2.24, 2.45) is 0 Å². The van der Waals surface area contributed by atoms with Gasteiger partial charge in [0.25, 0.3) is 15.9 Å². The van der Waals surface area contributed by atoms with Crippen molar-refractivity contribution >= 4 is 10.1 Å². The van der Waals surface area contributed by atoms with E-state index in [4.69, 9.17) is 4.18 Å². The highest BCUT2D eigenvalue weighted by Gasteiger charge is 2.40. The molecular formula is C12H14N6O3S. The molecule has 0 unspecified atom stereocenters. The molecule has 0 atom stereocenters. The van der Waals surface area contributed by atoms with E-state index in [1.54, 1.807) is 55.4 Å². The fourth-order valence-electron chi connectivity index (χ4n) is 2.14. The quantitative estimate of drug-likeness (QED) is 0.591. The second-order valence-electron chi connectivity index (χ2n) is 4.59. The van der Waals surface area contributed by atoms with E-state index in [1.807, 2.05) is 0 Å². The van der Waals surface area contributed by atoms with Crippen LogP contribution in [0.3, 0.4) is 0 Å². The Morgan fingerprint density at radius 3 is 1.59 bits per heavy atom. The minimum atomic E-state index is -3.65. The molecule has 0 bridgehead atoms. The van der Waals surface area contributed by atoms with Crippen molar-refractivity contribution in [1.29, 1.82) is 0 Å². The maximum atomic E-state index is 11.5. The number of nitrogens with zero attached hydrogens (tertiary/aromatic N) is 6. The van der Waals surface area contributed by atoms with Gasteiger partial charge in [-0.05, 0) is 18.2 Å². The summed E-state index contributed by atoms with van der Waals surface area (Å²) in [4.78, 5) is 0. The zero-order valence-electron chi connectivity index (χ0n) is 11.7. The number of hydrogen-bond donors (Lipinski definition) is 0. The average Bonchev–Trinajstić information content (AvgIpc) is 3.23. The molecule has 0 aliphatic carbocycles. The van der Waals surface area contributed by atoms with Gasteiger partial charge in [0.2, 0.25) is 0 Å². The van der Waals surface area contributed by atoms with Gasteiger partial charge in [0.1, 0.15) is 6.61 Å². The van der Waals surface area contributed by atoms with Crippen molar-refractivity contribution in [2.45, 2.75) is 5.79 Å². The van der Waals surface area contributed by atoms with Gasteiger partial charge in [-0.25, -0.2) is 14.0 Å². The van der Waals surface area contributed by atoms with Gasteiger partial charge in [0, 0.05) is 37.2 Å². The molecular weight excluding hydrogens is 308 g/mol. The molecule has 0 N–H and O–H groups in total. The van der Waals surface area contributed by atoms with Gasteiger partial charge in [-0.2, -0.15) is 23.7 Å². The summed E-state index contributed by atoms with van der Waals surface area (Å²) in [6.45, 7) is -0.253. The van der Waals surface area contributed by atoms with Crippen LogP contribution in [0.5, 0.6) is 0 Å². The molecule has 3 aromatic rings. The monoisotopic (exact) mass is 322 g/mol. The predicted molar refractivity (Wildman–Crippen MR) is 76.2 cm³/mol. The second kappa shape index (κ2) is 5.39. The molecule has 3 aromatic heterocycles. The maximum Gasteiger partial charge on any atom is 0.274 e. The molecule has 10 heteroatoms. The minimum Gasteiger partial charge on any atom is -0.263 e. The van der Waals surface area contributed by atoms with Crippen molar-refractivity contribution < 1.29 is 12.6 Å². The molecule has 116 valence electrons. The number of aromatic nitrogens is 6. The summed E-state index contributed by atoms with van der Waals surface area (Å²) in [5.74, 6) is -1.21. The average molecular weight is 322 g/mol. The van der Waals surface area contributed by atoms with E-state index >= 15 is 0 Å². The molecule has 22 heavy (non-hydrogen) atoms. The van der Waals surface area contributed by atoms with Crippen LogP contribution in [-0.4, -0.2) is 50.6 Å². The van der Waals surface area contributed by atoms with E-state index in [2.05, 4.69) is 15.3 Å². The summed E-state index contributed by atoms with van der Waals surface area (Å²) in [7, 11) is -3.65. The highest BCUT2D eigenvalue weighted by molar-refractivity contribution is 7.85. The van der Waals surface area contributed by atoms with Crippen molar-refractivity contribution in [1.82, 2.24) is 29.3 Å². The van der Waals surface area contributed by atoms with Gasteiger partial charge in [-0.3, -0.25) is 4.18 Å². The Hall–Kier alpha value is -2.46. The number of rotatable bonds is 6. The third-order valence-corrected chi connectivity index (χ3v) is 3.63. The van der Waals surface area contributed by atoms with Crippen molar-refractivity contribution in [3.8, 4) is 0 Å². The third-order valence-electron chi connectivity index (χ3n) is 3.08. The lowest BCUT2D eigenvalue weighted by Gasteiger charge is -2.33. The molecule has 0 radical (unpaired) electrons. The Labute approximate surface area is 126 Å². The lowest BCUT2D eigenvalue weighted by Crippen LogP contribution is -2.53. The van der Waals surface area contributed by atoms with Gasteiger partial charge in [0.15, 0.2) is 0 Å². The van der Waals surface area contributed by atoms with E-state index < -0.39 is 15.9 Å². The van der Waals surface area contributed by atoms with Gasteiger partial charge >= 0.3 is 0 Å². The summed E-state index contributed by atoms with van der Waals surface area (Å²) >= 11 is 0. The largest absolute Gasteiger partial charge is 0.274 e. The van der Waals surface area contributed by atoms with Crippen LogP contribution < -0.4 is 0 Å². The number of hydrogen-bond acceptors (Lipinski definition) is 6. The predicted octanol–water partition coefficient (Wildman–Crippen LogP) is -0.0408. The first-order valence-electron chi connectivity index (χ1n) is 6.37. The van der Waals surface area contributed by atoms with E-state index in [0.717, 1.165) is 6.26 Å². The third kappa shape index (κ3) is 2.53. The Balaban J connectivity index is 2.19. The van der Waals surface area contributed by atoms with Gasteiger partial charge < -0.3 is 0 Å². The van der Waals surface area contributed by atoms with E-state index in [9.17, 15) is 8.42 Å². The van der Waals surface area contributed by atoms with Crippen LogP contribution in [0.15, 0.2) is 55.4 Å². The van der Waals surface area contributed by atoms with E-state index in [1.165, 1.54) is 14.0 Å². The van der Waals surface area contributed by atoms with Gasteiger partial charge in [-0.15, -0.1) is 0 Å². The first kappa shape index (κ1) is 14.5. The van der Waals surface area contributed by atoms with E-state index in [0.29, 0.717) is 0 Å². The topological polar surface area (TPSA) is 96.8 Å². The SMILES string of the molecule is CS(=O)(=O)OCC(n1cccn1)(n1cccn1)n1cccn1. The van der Waals surface area contributed by atoms with Crippen LogP contribution in [0, 0.1) is 0 Å². The Morgan fingerprint density at radius 2 is 1.32 bits per heavy atom. The fraction of sp³-hybridized carbons (Fsp3) is 0.250. The lowest BCUT2D eigenvalue weighted by molar-refractivity contribution is 0.0522. The molecule has 0 spiro atoms. The summed E-state index contributed by atoms with van der Waals surface area (Å²) in [5, 5.41) is 12.7. The Bertz CT molecular complexity index is 724. The molecule has 0 saturated carbocycles. The normalized spacial score (nSPS) is 12.6. The van der Waals surface area contributed by atoms with Crippen molar-refractivity contribution in [3.05, 3.63) is 55.4 Å². The minimum absolute atomic E-state index is 0.253. The molecule has 3 rings (SSSR count). The zero-order chi connectivity index (χ0) is 15.6. The Morgan fingerprint density at radius 1 is 0.909 bits per heavy atom. The molecule has 3 heterocycles. The van der Waals surface area contributed by atoms with Crippen LogP contribution >= 0.6 is 0 Å². The maximum absolute atomic E-state index is 11.5. The first-order valence-corrected chi connectivity index (χ1v) is 8.19.